The van der Waals surface area contributed by atoms with Crippen LogP contribution in [0.1, 0.15) is 41.7 Å². The van der Waals surface area contributed by atoms with E-state index in [0.717, 1.165) is 37.6 Å². The first-order chi connectivity index (χ1) is 20.0. The molecule has 0 spiro atoms. The average molecular weight is 602 g/mol. The van der Waals surface area contributed by atoms with Crippen LogP contribution in [0.3, 0.4) is 0 Å². The van der Waals surface area contributed by atoms with Crippen LogP contribution in [0.2, 0.25) is 0 Å². The molecule has 1 atom stereocenters. The number of sulfonamides is 1. The number of amides is 1. The SMILES string of the molecule is COc1cc(C(=O)N2CCC[C@@H]2CN)cc2nc(-c3cc4ccc(N(C(F)F)S(C)(=O)=O)nc4n3CC3CC3)c(C)n12. The summed E-state index contributed by atoms with van der Waals surface area (Å²) in [6, 6.07) is 8.20. The van der Waals surface area contributed by atoms with E-state index in [0.29, 0.717) is 65.1 Å². The van der Waals surface area contributed by atoms with Crippen molar-refractivity contribution in [2.24, 2.45) is 11.7 Å². The molecule has 1 saturated heterocycles. The molecule has 1 amide bonds. The minimum Gasteiger partial charge on any atom is -0.482 e. The Hall–Kier alpha value is -3.78. The van der Waals surface area contributed by atoms with Crippen LogP contribution in [-0.2, 0) is 16.6 Å². The highest BCUT2D eigenvalue weighted by Gasteiger charge is 2.32. The summed E-state index contributed by atoms with van der Waals surface area (Å²) in [6.07, 6.45) is 4.55. The van der Waals surface area contributed by atoms with Gasteiger partial charge in [-0.1, -0.05) is 0 Å². The molecule has 0 aromatic carbocycles. The quantitative estimate of drug-likeness (QED) is 0.290. The number of nitrogens with two attached hydrogens (primary N) is 1. The van der Waals surface area contributed by atoms with Crippen LogP contribution < -0.4 is 14.8 Å². The summed E-state index contributed by atoms with van der Waals surface area (Å²) in [7, 11) is -2.73. The maximum atomic E-state index is 13.8. The normalized spacial score (nSPS) is 17.6. The summed E-state index contributed by atoms with van der Waals surface area (Å²) in [5.41, 5.74) is 9.36. The molecule has 6 rings (SSSR count). The van der Waals surface area contributed by atoms with E-state index >= 15 is 0 Å². The highest BCUT2D eigenvalue weighted by atomic mass is 32.2. The van der Waals surface area contributed by atoms with Crippen molar-refractivity contribution in [3.05, 3.63) is 41.6 Å². The third-order valence-corrected chi connectivity index (χ3v) is 9.21. The summed E-state index contributed by atoms with van der Waals surface area (Å²) in [5, 5.41) is 0.665. The largest absolute Gasteiger partial charge is 0.482 e. The lowest BCUT2D eigenvalue weighted by molar-refractivity contribution is 0.0740. The minimum atomic E-state index is -4.27. The van der Waals surface area contributed by atoms with Crippen LogP contribution in [0.5, 0.6) is 5.88 Å². The number of methoxy groups -OCH3 is 1. The number of nitrogens with zero attached hydrogens (tertiary/aromatic N) is 6. The van der Waals surface area contributed by atoms with Gasteiger partial charge in [0, 0.05) is 42.7 Å². The Morgan fingerprint density at radius 1 is 1.19 bits per heavy atom. The van der Waals surface area contributed by atoms with Crippen molar-refractivity contribution in [2.75, 3.05) is 30.8 Å². The molecule has 14 heteroatoms. The number of ether oxygens (including phenoxy) is 1. The van der Waals surface area contributed by atoms with Gasteiger partial charge in [-0.15, -0.1) is 0 Å². The number of rotatable bonds is 9. The Morgan fingerprint density at radius 2 is 1.95 bits per heavy atom. The molecule has 42 heavy (non-hydrogen) atoms. The highest BCUT2D eigenvalue weighted by molar-refractivity contribution is 7.92. The van der Waals surface area contributed by atoms with Gasteiger partial charge in [0.05, 0.1) is 24.8 Å². The van der Waals surface area contributed by atoms with Gasteiger partial charge in [0.25, 0.3) is 5.91 Å². The lowest BCUT2D eigenvalue weighted by atomic mass is 10.2. The highest BCUT2D eigenvalue weighted by Crippen LogP contribution is 2.38. The van der Waals surface area contributed by atoms with Crippen LogP contribution in [0.15, 0.2) is 30.3 Å². The minimum absolute atomic E-state index is 0.00373. The third-order valence-electron chi connectivity index (χ3n) is 8.15. The Bertz CT molecular complexity index is 1800. The zero-order valence-corrected chi connectivity index (χ0v) is 24.4. The summed E-state index contributed by atoms with van der Waals surface area (Å²) >= 11 is 0. The van der Waals surface area contributed by atoms with E-state index in [4.69, 9.17) is 15.5 Å². The van der Waals surface area contributed by atoms with Crippen molar-refractivity contribution < 1.29 is 26.7 Å². The van der Waals surface area contributed by atoms with E-state index in [1.54, 1.807) is 23.1 Å². The van der Waals surface area contributed by atoms with E-state index in [9.17, 15) is 22.0 Å². The van der Waals surface area contributed by atoms with Crippen molar-refractivity contribution in [1.82, 2.24) is 23.8 Å². The first-order valence-corrected chi connectivity index (χ1v) is 15.7. The predicted octanol–water partition coefficient (Wildman–Crippen LogP) is 3.63. The van der Waals surface area contributed by atoms with E-state index in [2.05, 4.69) is 4.98 Å². The zero-order chi connectivity index (χ0) is 29.9. The Morgan fingerprint density at radius 3 is 2.60 bits per heavy atom. The molecule has 2 fully saturated rings. The maximum Gasteiger partial charge on any atom is 0.329 e. The molecular formula is C28H33F2N7O4S. The summed E-state index contributed by atoms with van der Waals surface area (Å²) in [4.78, 5) is 24.6. The second-order valence-electron chi connectivity index (χ2n) is 11.1. The standard InChI is InChI=1S/C28H33F2N7O4S/c1-16-25(32-23-12-19(13-24(41-2)36(16)23)27(38)34-10-4-5-20(34)14-31)21-11-18-8-9-22(37(28(29)30)42(3,39)40)33-26(18)35(21)15-17-6-7-17/h8-9,11-13,17,20,28H,4-7,10,14-15,31H2,1-3H3/t20-/m1/s1. The molecule has 2 aliphatic rings. The number of hydrogen-bond donors (Lipinski definition) is 1. The molecule has 0 bridgehead atoms. The topological polar surface area (TPSA) is 128 Å². The number of carbonyl (C=O) groups is 1. The number of likely N-dealkylation sites (tertiary alicyclic amines) is 1. The van der Waals surface area contributed by atoms with E-state index < -0.39 is 16.6 Å². The smallest absolute Gasteiger partial charge is 0.329 e. The fourth-order valence-corrected chi connectivity index (χ4v) is 6.63. The monoisotopic (exact) mass is 601 g/mol. The molecular weight excluding hydrogens is 568 g/mol. The molecule has 4 aromatic heterocycles. The molecule has 224 valence electrons. The lowest BCUT2D eigenvalue weighted by Gasteiger charge is -2.23. The number of pyridine rings is 2. The van der Waals surface area contributed by atoms with Crippen molar-refractivity contribution in [3.8, 4) is 17.3 Å². The fraction of sp³-hybridized carbons (Fsp3) is 0.464. The first-order valence-electron chi connectivity index (χ1n) is 13.9. The van der Waals surface area contributed by atoms with Crippen molar-refractivity contribution >= 4 is 38.4 Å². The average Bonchev–Trinajstić information content (AvgIpc) is 3.36. The number of aryl methyl sites for hydroxylation is 1. The third kappa shape index (κ3) is 4.85. The van der Waals surface area contributed by atoms with Gasteiger partial charge >= 0.3 is 6.55 Å². The summed E-state index contributed by atoms with van der Waals surface area (Å²) in [5.74, 6) is 0.357. The molecule has 1 saturated carbocycles. The van der Waals surface area contributed by atoms with Crippen LogP contribution in [0.4, 0.5) is 14.6 Å². The number of anilines is 1. The van der Waals surface area contributed by atoms with E-state index in [-0.39, 0.29) is 22.1 Å². The second-order valence-corrected chi connectivity index (χ2v) is 12.9. The van der Waals surface area contributed by atoms with Crippen molar-refractivity contribution in [1.29, 1.82) is 0 Å². The number of carbonyl (C=O) groups excluding carboxylic acids is 1. The Balaban J connectivity index is 1.50. The number of hydrogen-bond acceptors (Lipinski definition) is 7. The molecule has 0 radical (unpaired) electrons. The number of halogens is 2. The van der Waals surface area contributed by atoms with Gasteiger partial charge in [-0.05, 0) is 62.8 Å². The van der Waals surface area contributed by atoms with Crippen LogP contribution in [0, 0.1) is 12.8 Å². The Labute approximate surface area is 241 Å². The zero-order valence-electron chi connectivity index (χ0n) is 23.6. The van der Waals surface area contributed by atoms with Gasteiger partial charge < -0.3 is 19.9 Å². The molecule has 1 aliphatic heterocycles. The second kappa shape index (κ2) is 10.5. The van der Waals surface area contributed by atoms with Crippen LogP contribution >= 0.6 is 0 Å². The van der Waals surface area contributed by atoms with Gasteiger partial charge in [0.15, 0.2) is 5.88 Å². The number of aromatic nitrogens is 4. The number of fused-ring (bicyclic) bond motifs is 2. The van der Waals surface area contributed by atoms with Gasteiger partial charge in [-0.2, -0.15) is 13.1 Å². The predicted molar refractivity (Wildman–Crippen MR) is 154 cm³/mol. The maximum absolute atomic E-state index is 13.8. The van der Waals surface area contributed by atoms with Crippen molar-refractivity contribution in [2.45, 2.75) is 51.7 Å². The van der Waals surface area contributed by atoms with E-state index in [1.807, 2.05) is 22.0 Å². The lowest BCUT2D eigenvalue weighted by Crippen LogP contribution is -2.39. The molecule has 0 unspecified atom stereocenters. The fourth-order valence-electron chi connectivity index (χ4n) is 5.90. The summed E-state index contributed by atoms with van der Waals surface area (Å²) < 4.78 is 61.3. The van der Waals surface area contributed by atoms with Gasteiger partial charge in [0.1, 0.15) is 22.8 Å². The van der Waals surface area contributed by atoms with Gasteiger partial charge in [0.2, 0.25) is 10.0 Å². The number of alkyl halides is 2. The van der Waals surface area contributed by atoms with Crippen LogP contribution in [0.25, 0.3) is 28.1 Å². The van der Waals surface area contributed by atoms with Gasteiger partial charge in [-0.25, -0.2) is 18.4 Å². The van der Waals surface area contributed by atoms with E-state index in [1.165, 1.54) is 13.2 Å². The molecule has 1 aliphatic carbocycles. The Kier molecular flexibility index (Phi) is 7.08. The van der Waals surface area contributed by atoms with Crippen molar-refractivity contribution in [3.63, 3.8) is 0 Å². The van der Waals surface area contributed by atoms with Gasteiger partial charge in [-0.3, -0.25) is 9.20 Å². The molecule has 11 nitrogen and oxygen atoms in total. The van der Waals surface area contributed by atoms with Crippen LogP contribution in [-0.4, -0.2) is 77.2 Å². The molecule has 4 aromatic rings. The molecule has 5 heterocycles. The first kappa shape index (κ1) is 28.3. The molecule has 2 N–H and O–H groups in total. The number of imidazole rings is 1. The summed E-state index contributed by atoms with van der Waals surface area (Å²) in [6.45, 7) is 0.239.